The van der Waals surface area contributed by atoms with Gasteiger partial charge in [-0.3, -0.25) is 0 Å². The van der Waals surface area contributed by atoms with Crippen LogP contribution in [-0.4, -0.2) is 22.7 Å². The third-order valence-corrected chi connectivity index (χ3v) is 3.45. The second-order valence-electron chi connectivity index (χ2n) is 3.41. The summed E-state index contributed by atoms with van der Waals surface area (Å²) < 4.78 is 14.2. The van der Waals surface area contributed by atoms with Crippen molar-refractivity contribution in [1.82, 2.24) is 9.59 Å². The molecule has 0 N–H and O–H groups in total. The number of halogens is 2. The summed E-state index contributed by atoms with van der Waals surface area (Å²) in [6, 6.07) is 4.69. The fourth-order valence-electron chi connectivity index (χ4n) is 1.33. The van der Waals surface area contributed by atoms with Crippen LogP contribution in [0.4, 0.5) is 0 Å². The Kier molecular flexibility index (Phi) is 4.57. The van der Waals surface area contributed by atoms with Crippen molar-refractivity contribution in [2.75, 3.05) is 7.11 Å². The number of carbonyl (C=O) groups is 1. The lowest BCUT2D eigenvalue weighted by Crippen LogP contribution is -2.07. The van der Waals surface area contributed by atoms with Gasteiger partial charge in [0.25, 0.3) is 0 Å². The molecular weight excluding hydrogens is 311 g/mol. The van der Waals surface area contributed by atoms with Crippen LogP contribution >= 0.6 is 34.7 Å². The van der Waals surface area contributed by atoms with Crippen LogP contribution in [0.1, 0.15) is 16.1 Å². The van der Waals surface area contributed by atoms with Crippen molar-refractivity contribution in [1.29, 1.82) is 0 Å². The molecule has 0 aliphatic heterocycles. The van der Waals surface area contributed by atoms with E-state index in [1.54, 1.807) is 12.1 Å². The van der Waals surface area contributed by atoms with Gasteiger partial charge in [0.15, 0.2) is 0 Å². The largest absolute Gasteiger partial charge is 0.496 e. The smallest absolute Gasteiger partial charge is 0.342 e. The number of nitrogens with zero attached hydrogens (tertiary/aromatic N) is 2. The van der Waals surface area contributed by atoms with Gasteiger partial charge in [0.1, 0.15) is 28.0 Å². The number of hydrogen-bond donors (Lipinski definition) is 0. The van der Waals surface area contributed by atoms with Crippen molar-refractivity contribution in [3.8, 4) is 5.75 Å². The molecule has 1 heterocycles. The second kappa shape index (κ2) is 6.18. The van der Waals surface area contributed by atoms with Gasteiger partial charge in [-0.15, -0.1) is 5.10 Å². The molecule has 0 aliphatic rings. The van der Waals surface area contributed by atoms with Crippen LogP contribution in [0.3, 0.4) is 0 Å². The molecule has 0 radical (unpaired) electrons. The molecule has 0 spiro atoms. The molecule has 2 rings (SSSR count). The lowest BCUT2D eigenvalue weighted by molar-refractivity contribution is 0.0464. The Morgan fingerprint density at radius 1 is 1.42 bits per heavy atom. The number of esters is 1. The van der Waals surface area contributed by atoms with Crippen molar-refractivity contribution >= 4 is 40.7 Å². The van der Waals surface area contributed by atoms with Gasteiger partial charge < -0.3 is 9.47 Å². The summed E-state index contributed by atoms with van der Waals surface area (Å²) in [7, 11) is 1.46. The highest BCUT2D eigenvalue weighted by atomic mass is 35.5. The van der Waals surface area contributed by atoms with Crippen molar-refractivity contribution < 1.29 is 14.3 Å². The molecule has 0 fully saturated rings. The molecule has 0 bridgehead atoms. The summed E-state index contributed by atoms with van der Waals surface area (Å²) in [5.74, 6) is -0.180. The van der Waals surface area contributed by atoms with Gasteiger partial charge in [-0.2, -0.15) is 0 Å². The fraction of sp³-hybridized carbons (Fsp3) is 0.182. The first-order chi connectivity index (χ1) is 9.11. The van der Waals surface area contributed by atoms with E-state index in [1.807, 2.05) is 0 Å². The van der Waals surface area contributed by atoms with E-state index in [1.165, 1.54) is 13.2 Å². The van der Waals surface area contributed by atoms with Crippen LogP contribution in [0, 0.1) is 0 Å². The number of aromatic nitrogens is 2. The standard InChI is InChI=1S/C11H8Cl2N2O3S/c1-17-9-3-2-6(12)4-7(9)11(16)18-5-8-10(13)19-15-14-8/h2-4H,5H2,1H3. The van der Waals surface area contributed by atoms with Crippen LogP contribution in [0.5, 0.6) is 5.75 Å². The Balaban J connectivity index is 2.12. The summed E-state index contributed by atoms with van der Waals surface area (Å²) in [5, 5.41) is 4.16. The van der Waals surface area contributed by atoms with Gasteiger partial charge >= 0.3 is 5.97 Å². The zero-order valence-electron chi connectivity index (χ0n) is 9.72. The third-order valence-electron chi connectivity index (χ3n) is 2.23. The van der Waals surface area contributed by atoms with Gasteiger partial charge in [-0.25, -0.2) is 4.79 Å². The minimum Gasteiger partial charge on any atom is -0.496 e. The summed E-state index contributed by atoms with van der Waals surface area (Å²) in [6.45, 7) is -0.0518. The van der Waals surface area contributed by atoms with E-state index in [9.17, 15) is 4.79 Å². The molecule has 0 unspecified atom stereocenters. The van der Waals surface area contributed by atoms with Crippen LogP contribution in [0.25, 0.3) is 0 Å². The van der Waals surface area contributed by atoms with Crippen LogP contribution in [0.15, 0.2) is 18.2 Å². The Labute approximate surface area is 123 Å². The van der Waals surface area contributed by atoms with E-state index in [4.69, 9.17) is 32.7 Å². The Bertz CT molecular complexity index is 603. The van der Waals surface area contributed by atoms with E-state index >= 15 is 0 Å². The Morgan fingerprint density at radius 3 is 2.84 bits per heavy atom. The van der Waals surface area contributed by atoms with E-state index in [-0.39, 0.29) is 12.2 Å². The molecule has 19 heavy (non-hydrogen) atoms. The quantitative estimate of drug-likeness (QED) is 0.810. The third kappa shape index (κ3) is 3.34. The maximum absolute atomic E-state index is 11.9. The highest BCUT2D eigenvalue weighted by Crippen LogP contribution is 2.24. The molecule has 0 amide bonds. The number of methoxy groups -OCH3 is 1. The van der Waals surface area contributed by atoms with Crippen molar-refractivity contribution in [2.45, 2.75) is 6.61 Å². The molecule has 2 aromatic rings. The first-order valence-corrected chi connectivity index (χ1v) is 6.62. The number of ether oxygens (including phenoxy) is 2. The lowest BCUT2D eigenvalue weighted by Gasteiger charge is -2.08. The van der Waals surface area contributed by atoms with Crippen LogP contribution in [0.2, 0.25) is 9.36 Å². The predicted molar refractivity (Wildman–Crippen MR) is 72.0 cm³/mol. The molecule has 0 aliphatic carbocycles. The number of carbonyl (C=O) groups excluding carboxylic acids is 1. The lowest BCUT2D eigenvalue weighted by atomic mass is 10.2. The van der Waals surface area contributed by atoms with Crippen molar-refractivity contribution in [3.63, 3.8) is 0 Å². The predicted octanol–water partition coefficient (Wildman–Crippen LogP) is 3.21. The molecule has 1 aromatic heterocycles. The first kappa shape index (κ1) is 14.0. The monoisotopic (exact) mass is 318 g/mol. The zero-order valence-corrected chi connectivity index (χ0v) is 12.1. The average Bonchev–Trinajstić information content (AvgIpc) is 2.81. The van der Waals surface area contributed by atoms with E-state index in [0.29, 0.717) is 20.8 Å². The van der Waals surface area contributed by atoms with E-state index in [2.05, 4.69) is 9.59 Å². The molecule has 100 valence electrons. The Morgan fingerprint density at radius 2 is 2.21 bits per heavy atom. The molecular formula is C11H8Cl2N2O3S. The van der Waals surface area contributed by atoms with Gasteiger partial charge in [-0.05, 0) is 18.2 Å². The maximum Gasteiger partial charge on any atom is 0.342 e. The first-order valence-electron chi connectivity index (χ1n) is 5.09. The average molecular weight is 319 g/mol. The zero-order chi connectivity index (χ0) is 13.8. The summed E-state index contributed by atoms with van der Waals surface area (Å²) in [6.07, 6.45) is 0. The minimum atomic E-state index is -0.566. The normalized spacial score (nSPS) is 10.3. The Hall–Kier alpha value is -1.37. The van der Waals surface area contributed by atoms with E-state index < -0.39 is 5.97 Å². The van der Waals surface area contributed by atoms with Gasteiger partial charge in [-0.1, -0.05) is 27.7 Å². The summed E-state index contributed by atoms with van der Waals surface area (Å²) in [5.41, 5.74) is 0.662. The molecule has 0 atom stereocenters. The topological polar surface area (TPSA) is 61.3 Å². The SMILES string of the molecule is COc1ccc(Cl)cc1C(=O)OCc1nnsc1Cl. The maximum atomic E-state index is 11.9. The molecule has 5 nitrogen and oxygen atoms in total. The number of hydrogen-bond acceptors (Lipinski definition) is 6. The summed E-state index contributed by atoms with van der Waals surface area (Å²) >= 11 is 12.7. The summed E-state index contributed by atoms with van der Waals surface area (Å²) in [4.78, 5) is 11.9. The molecule has 0 saturated carbocycles. The van der Waals surface area contributed by atoms with Gasteiger partial charge in [0.2, 0.25) is 0 Å². The number of rotatable bonds is 4. The van der Waals surface area contributed by atoms with Crippen LogP contribution < -0.4 is 4.74 Å². The molecule has 1 aromatic carbocycles. The van der Waals surface area contributed by atoms with Gasteiger partial charge in [0, 0.05) is 16.6 Å². The highest BCUT2D eigenvalue weighted by molar-refractivity contribution is 7.10. The molecule has 8 heteroatoms. The molecule has 0 saturated heterocycles. The van der Waals surface area contributed by atoms with Gasteiger partial charge in [0.05, 0.1) is 7.11 Å². The van der Waals surface area contributed by atoms with E-state index in [0.717, 1.165) is 11.5 Å². The van der Waals surface area contributed by atoms with Crippen LogP contribution in [-0.2, 0) is 11.3 Å². The van der Waals surface area contributed by atoms with Crippen molar-refractivity contribution in [3.05, 3.63) is 38.8 Å². The van der Waals surface area contributed by atoms with Crippen molar-refractivity contribution in [2.24, 2.45) is 0 Å². The highest BCUT2D eigenvalue weighted by Gasteiger charge is 2.16. The number of benzene rings is 1. The minimum absolute atomic E-state index is 0.0518. The second-order valence-corrected chi connectivity index (χ2v) is 5.21. The fourth-order valence-corrected chi connectivity index (χ4v) is 2.11.